The quantitative estimate of drug-likeness (QED) is 0.435. The summed E-state index contributed by atoms with van der Waals surface area (Å²) in [5, 5.41) is 13.2. The third-order valence-electron chi connectivity index (χ3n) is 3.93. The molecule has 1 aliphatic carbocycles. The first-order valence-corrected chi connectivity index (χ1v) is 7.34. The molecule has 0 bridgehead atoms. The summed E-state index contributed by atoms with van der Waals surface area (Å²) in [4.78, 5) is 25.7. The molecule has 1 aliphatic rings. The van der Waals surface area contributed by atoms with E-state index in [1.54, 1.807) is 12.1 Å². The topological polar surface area (TPSA) is 118 Å². The number of rotatable bonds is 3. The lowest BCUT2D eigenvalue weighted by molar-refractivity contribution is 0.0978. The van der Waals surface area contributed by atoms with Crippen LogP contribution in [0.5, 0.6) is 5.75 Å². The molecule has 0 saturated heterocycles. The maximum Gasteiger partial charge on any atom is 0.200 e. The first-order chi connectivity index (χ1) is 11.0. The number of fused-ring (bicyclic) bond motifs is 2. The molecule has 6 nitrogen and oxygen atoms in total. The zero-order valence-electron chi connectivity index (χ0n) is 12.6. The van der Waals surface area contributed by atoms with Crippen molar-refractivity contribution >= 4 is 28.6 Å². The summed E-state index contributed by atoms with van der Waals surface area (Å²) in [5.41, 5.74) is 13.0. The van der Waals surface area contributed by atoms with E-state index in [1.165, 1.54) is 12.1 Å². The maximum absolute atomic E-state index is 12.9. The summed E-state index contributed by atoms with van der Waals surface area (Å²) >= 11 is 0. The van der Waals surface area contributed by atoms with Crippen molar-refractivity contribution in [2.24, 2.45) is 0 Å². The number of benzene rings is 2. The highest BCUT2D eigenvalue weighted by Crippen LogP contribution is 2.40. The Morgan fingerprint density at radius 2 is 1.48 bits per heavy atom. The highest BCUT2D eigenvalue weighted by Gasteiger charge is 2.36. The molecular weight excluding hydrogens is 294 g/mol. The number of phenolic OH excluding ortho intramolecular Hbond substituents is 1. The molecule has 6 N–H and O–H groups in total. The van der Waals surface area contributed by atoms with Crippen LogP contribution in [0.4, 0.5) is 17.1 Å². The van der Waals surface area contributed by atoms with Gasteiger partial charge in [-0.15, -0.1) is 0 Å². The van der Waals surface area contributed by atoms with E-state index in [2.05, 4.69) is 5.32 Å². The molecule has 0 fully saturated rings. The molecule has 0 aromatic heterocycles. The molecular formula is C17H17N3O3. The smallest absolute Gasteiger partial charge is 0.200 e. The number of carbonyl (C=O) groups excluding carboxylic acids is 2. The number of hydrogen-bond donors (Lipinski definition) is 4. The summed E-state index contributed by atoms with van der Waals surface area (Å²) in [7, 11) is 0. The first-order valence-electron chi connectivity index (χ1n) is 7.34. The lowest BCUT2D eigenvalue weighted by Crippen LogP contribution is -2.25. The van der Waals surface area contributed by atoms with Crippen LogP contribution in [0.25, 0.3) is 0 Å². The van der Waals surface area contributed by atoms with E-state index in [4.69, 9.17) is 11.5 Å². The molecule has 118 valence electrons. The molecule has 0 atom stereocenters. The third kappa shape index (κ3) is 2.11. The van der Waals surface area contributed by atoms with E-state index < -0.39 is 11.6 Å². The van der Waals surface area contributed by atoms with Crippen LogP contribution in [0.15, 0.2) is 24.3 Å². The minimum absolute atomic E-state index is 0.0156. The van der Waals surface area contributed by atoms with E-state index in [9.17, 15) is 14.7 Å². The van der Waals surface area contributed by atoms with Crippen molar-refractivity contribution in [1.82, 2.24) is 0 Å². The van der Waals surface area contributed by atoms with E-state index in [-0.39, 0.29) is 39.4 Å². The molecule has 0 aliphatic heterocycles. The van der Waals surface area contributed by atoms with Crippen LogP contribution in [-0.4, -0.2) is 23.2 Å². The number of phenols is 1. The van der Waals surface area contributed by atoms with Crippen molar-refractivity contribution in [1.29, 1.82) is 0 Å². The molecule has 0 unspecified atom stereocenters. The predicted octanol–water partition coefficient (Wildman–Crippen LogP) is 2.15. The normalized spacial score (nSPS) is 12.7. The second kappa shape index (κ2) is 5.31. The third-order valence-corrected chi connectivity index (χ3v) is 3.93. The molecule has 2 aromatic rings. The van der Waals surface area contributed by atoms with Gasteiger partial charge in [0.15, 0.2) is 11.6 Å². The summed E-state index contributed by atoms with van der Waals surface area (Å²) < 4.78 is 0. The largest absolute Gasteiger partial charge is 0.507 e. The maximum atomic E-state index is 12.9. The van der Waals surface area contributed by atoms with Crippen LogP contribution < -0.4 is 16.8 Å². The molecule has 0 spiro atoms. The SMILES string of the molecule is CCCNc1ccc(N)c2c1C(=O)c1c(O)ccc(N)c1C2=O. The molecule has 0 saturated carbocycles. The number of carbonyl (C=O) groups is 2. The minimum Gasteiger partial charge on any atom is -0.507 e. The molecule has 0 amide bonds. The van der Waals surface area contributed by atoms with E-state index in [0.717, 1.165) is 6.42 Å². The van der Waals surface area contributed by atoms with Crippen LogP contribution in [0.3, 0.4) is 0 Å². The zero-order valence-corrected chi connectivity index (χ0v) is 12.6. The molecule has 0 heterocycles. The van der Waals surface area contributed by atoms with Gasteiger partial charge >= 0.3 is 0 Å². The lowest BCUT2D eigenvalue weighted by atomic mass is 9.81. The molecule has 23 heavy (non-hydrogen) atoms. The van der Waals surface area contributed by atoms with Crippen LogP contribution >= 0.6 is 0 Å². The highest BCUT2D eigenvalue weighted by atomic mass is 16.3. The average molecular weight is 311 g/mol. The molecule has 0 radical (unpaired) electrons. The standard InChI is InChI=1S/C17H17N3O3/c1-2-7-20-10-5-3-8(18)12-14(10)17(23)15-11(21)6-4-9(19)13(15)16(12)22/h3-6,20-21H,2,7,18-19H2,1H3. The monoisotopic (exact) mass is 311 g/mol. The molecule has 3 rings (SSSR count). The Balaban J connectivity index is 2.31. The van der Waals surface area contributed by atoms with Gasteiger partial charge in [-0.2, -0.15) is 0 Å². The van der Waals surface area contributed by atoms with Crippen LogP contribution in [-0.2, 0) is 0 Å². The Kier molecular flexibility index (Phi) is 3.44. The fraction of sp³-hybridized carbons (Fsp3) is 0.176. The Bertz CT molecular complexity index is 843. The number of nitrogens with two attached hydrogens (primary N) is 2. The van der Waals surface area contributed by atoms with Gasteiger partial charge in [-0.05, 0) is 30.7 Å². The minimum atomic E-state index is -0.453. The Labute approximate surface area is 133 Å². The van der Waals surface area contributed by atoms with Gasteiger partial charge in [0.05, 0.1) is 22.3 Å². The van der Waals surface area contributed by atoms with Gasteiger partial charge in [0.1, 0.15) is 5.75 Å². The van der Waals surface area contributed by atoms with Crippen molar-refractivity contribution in [2.45, 2.75) is 13.3 Å². The second-order valence-electron chi connectivity index (χ2n) is 5.46. The molecule has 2 aromatic carbocycles. The Hall–Kier alpha value is -3.02. The Morgan fingerprint density at radius 1 is 0.913 bits per heavy atom. The first kappa shape index (κ1) is 14.9. The number of anilines is 3. The summed E-state index contributed by atoms with van der Waals surface area (Å²) in [6, 6.07) is 5.98. The zero-order chi connectivity index (χ0) is 16.7. The number of hydrogen-bond acceptors (Lipinski definition) is 6. The van der Waals surface area contributed by atoms with Crippen LogP contribution in [0.1, 0.15) is 45.2 Å². The summed E-state index contributed by atoms with van der Waals surface area (Å²) in [6.07, 6.45) is 0.857. The van der Waals surface area contributed by atoms with Gasteiger partial charge in [-0.1, -0.05) is 6.92 Å². The highest BCUT2D eigenvalue weighted by molar-refractivity contribution is 6.34. The number of nitrogens with one attached hydrogen (secondary N) is 1. The van der Waals surface area contributed by atoms with Crippen molar-refractivity contribution in [3.63, 3.8) is 0 Å². The number of nitrogen functional groups attached to an aromatic ring is 2. The van der Waals surface area contributed by atoms with Gasteiger partial charge < -0.3 is 21.9 Å². The lowest BCUT2D eigenvalue weighted by Gasteiger charge is -2.23. The van der Waals surface area contributed by atoms with Gasteiger partial charge in [-0.3, -0.25) is 9.59 Å². The average Bonchev–Trinajstić information content (AvgIpc) is 2.53. The van der Waals surface area contributed by atoms with Crippen molar-refractivity contribution in [2.75, 3.05) is 23.3 Å². The van der Waals surface area contributed by atoms with E-state index in [1.807, 2.05) is 6.92 Å². The fourth-order valence-electron chi connectivity index (χ4n) is 2.84. The van der Waals surface area contributed by atoms with Crippen molar-refractivity contribution in [3.8, 4) is 5.75 Å². The Morgan fingerprint density at radius 3 is 2.13 bits per heavy atom. The summed E-state index contributed by atoms with van der Waals surface area (Å²) in [6.45, 7) is 2.64. The van der Waals surface area contributed by atoms with Gasteiger partial charge in [-0.25, -0.2) is 0 Å². The van der Waals surface area contributed by atoms with Gasteiger partial charge in [0.25, 0.3) is 0 Å². The molecule has 6 heteroatoms. The summed E-state index contributed by atoms with van der Waals surface area (Å²) in [5.74, 6) is -1.16. The van der Waals surface area contributed by atoms with Crippen molar-refractivity contribution < 1.29 is 14.7 Å². The van der Waals surface area contributed by atoms with Crippen LogP contribution in [0, 0.1) is 0 Å². The number of ketones is 2. The second-order valence-corrected chi connectivity index (χ2v) is 5.46. The number of aromatic hydroxyl groups is 1. The van der Waals surface area contributed by atoms with Gasteiger partial charge in [0, 0.05) is 23.6 Å². The fourth-order valence-corrected chi connectivity index (χ4v) is 2.84. The predicted molar refractivity (Wildman–Crippen MR) is 89.0 cm³/mol. The van der Waals surface area contributed by atoms with E-state index in [0.29, 0.717) is 12.2 Å². The van der Waals surface area contributed by atoms with Gasteiger partial charge in [0.2, 0.25) is 0 Å². The van der Waals surface area contributed by atoms with E-state index >= 15 is 0 Å². The van der Waals surface area contributed by atoms with Crippen molar-refractivity contribution in [3.05, 3.63) is 46.5 Å². The van der Waals surface area contributed by atoms with Crippen LogP contribution in [0.2, 0.25) is 0 Å².